The van der Waals surface area contributed by atoms with Crippen LogP contribution in [0.4, 0.5) is 0 Å². The third-order valence-corrected chi connectivity index (χ3v) is 7.68. The van der Waals surface area contributed by atoms with Crippen LogP contribution in [0.2, 0.25) is 0 Å². The summed E-state index contributed by atoms with van der Waals surface area (Å²) in [5, 5.41) is 0. The second-order valence-corrected chi connectivity index (χ2v) is 10.5. The van der Waals surface area contributed by atoms with E-state index in [1.165, 1.54) is 63.0 Å². The molecule has 0 saturated carbocycles. The van der Waals surface area contributed by atoms with Crippen molar-refractivity contribution in [3.63, 3.8) is 0 Å². The highest BCUT2D eigenvalue weighted by molar-refractivity contribution is 5.23. The van der Waals surface area contributed by atoms with Crippen LogP contribution in [0, 0.1) is 0 Å². The predicted molar refractivity (Wildman–Crippen MR) is 137 cm³/mol. The molecule has 0 bridgehead atoms. The van der Waals surface area contributed by atoms with Crippen LogP contribution in [0.1, 0.15) is 76.6 Å². The van der Waals surface area contributed by atoms with E-state index < -0.39 is 0 Å². The lowest BCUT2D eigenvalue weighted by molar-refractivity contribution is 0.124. The van der Waals surface area contributed by atoms with Crippen LogP contribution in [0.5, 0.6) is 0 Å². The monoisotopic (exact) mass is 436 g/mol. The second kappa shape index (κ2) is 10.9. The van der Waals surface area contributed by atoms with E-state index in [0.717, 1.165) is 0 Å². The van der Waals surface area contributed by atoms with Crippen LogP contribution in [0.15, 0.2) is 60.7 Å². The van der Waals surface area contributed by atoms with Gasteiger partial charge in [-0.1, -0.05) is 60.7 Å². The van der Waals surface area contributed by atoms with Crippen LogP contribution < -0.4 is 11.5 Å². The molecular weight excluding hydrogens is 392 g/mol. The van der Waals surface area contributed by atoms with Crippen molar-refractivity contribution < 1.29 is 0 Å². The highest BCUT2D eigenvalue weighted by Crippen LogP contribution is 2.32. The average Bonchev–Trinajstić information content (AvgIpc) is 3.55. The Labute approximate surface area is 196 Å². The van der Waals surface area contributed by atoms with E-state index >= 15 is 0 Å². The summed E-state index contributed by atoms with van der Waals surface area (Å²) in [6.45, 7) is 13.8. The molecule has 2 aliphatic rings. The highest BCUT2D eigenvalue weighted by atomic mass is 15.2. The summed E-state index contributed by atoms with van der Waals surface area (Å²) in [6.07, 6.45) is 5.24. The van der Waals surface area contributed by atoms with Crippen molar-refractivity contribution in [1.82, 2.24) is 9.80 Å². The summed E-state index contributed by atoms with van der Waals surface area (Å²) < 4.78 is 0. The lowest BCUT2D eigenvalue weighted by atomic mass is 9.88. The molecule has 4 heteroatoms. The Morgan fingerprint density at radius 3 is 1.12 bits per heavy atom. The van der Waals surface area contributed by atoms with Gasteiger partial charge in [0.15, 0.2) is 0 Å². The Morgan fingerprint density at radius 1 is 0.562 bits per heavy atom. The summed E-state index contributed by atoms with van der Waals surface area (Å²) >= 11 is 0. The Hall–Kier alpha value is -1.72. The van der Waals surface area contributed by atoms with Crippen LogP contribution in [-0.2, 0) is 0 Å². The van der Waals surface area contributed by atoms with E-state index in [-0.39, 0.29) is 23.2 Å². The number of hydrogen-bond acceptors (Lipinski definition) is 4. The Balaban J connectivity index is 0.000000181. The first-order valence-corrected chi connectivity index (χ1v) is 12.4. The van der Waals surface area contributed by atoms with Gasteiger partial charge >= 0.3 is 0 Å². The van der Waals surface area contributed by atoms with Gasteiger partial charge in [-0.2, -0.15) is 0 Å². The molecule has 4 N–H and O–H groups in total. The molecule has 2 aliphatic heterocycles. The van der Waals surface area contributed by atoms with Crippen molar-refractivity contribution in [2.75, 3.05) is 26.2 Å². The van der Waals surface area contributed by atoms with Crippen molar-refractivity contribution in [1.29, 1.82) is 0 Å². The molecule has 32 heavy (non-hydrogen) atoms. The van der Waals surface area contributed by atoms with Gasteiger partial charge in [0.25, 0.3) is 0 Å². The van der Waals surface area contributed by atoms with Gasteiger partial charge in [0, 0.05) is 23.2 Å². The molecule has 0 amide bonds. The molecule has 2 aromatic carbocycles. The van der Waals surface area contributed by atoms with Gasteiger partial charge in [-0.05, 0) is 90.7 Å². The van der Waals surface area contributed by atoms with Crippen LogP contribution in [0.25, 0.3) is 0 Å². The number of rotatable bonds is 6. The van der Waals surface area contributed by atoms with Gasteiger partial charge in [-0.3, -0.25) is 9.80 Å². The zero-order chi connectivity index (χ0) is 23.2. The smallest absolute Gasteiger partial charge is 0.0476 e. The van der Waals surface area contributed by atoms with Gasteiger partial charge in [-0.15, -0.1) is 0 Å². The second-order valence-electron chi connectivity index (χ2n) is 10.5. The molecule has 2 unspecified atom stereocenters. The Bertz CT molecular complexity index is 721. The SMILES string of the molecule is CC(C)(C(N)c1ccccc1)N1CCCC1.CC(C)(C(N)c1ccccc1)N1CCCC1. The zero-order valence-electron chi connectivity index (χ0n) is 20.6. The predicted octanol–water partition coefficient (Wildman–Crippen LogP) is 5.12. The Morgan fingerprint density at radius 2 is 0.844 bits per heavy atom. The molecular formula is C28H44N4. The maximum Gasteiger partial charge on any atom is 0.0476 e. The van der Waals surface area contributed by atoms with Crippen LogP contribution in [0.3, 0.4) is 0 Å². The molecule has 0 radical (unpaired) electrons. The van der Waals surface area contributed by atoms with Crippen molar-refractivity contribution in [3.05, 3.63) is 71.8 Å². The molecule has 176 valence electrons. The summed E-state index contributed by atoms with van der Waals surface area (Å²) in [4.78, 5) is 5.04. The lowest BCUT2D eigenvalue weighted by Crippen LogP contribution is -2.49. The summed E-state index contributed by atoms with van der Waals surface area (Å²) in [7, 11) is 0. The zero-order valence-corrected chi connectivity index (χ0v) is 20.6. The first-order valence-electron chi connectivity index (χ1n) is 12.4. The minimum atomic E-state index is 0.0534. The molecule has 0 aliphatic carbocycles. The van der Waals surface area contributed by atoms with E-state index in [1.54, 1.807) is 0 Å². The number of nitrogens with zero attached hydrogens (tertiary/aromatic N) is 2. The van der Waals surface area contributed by atoms with E-state index in [2.05, 4.69) is 86.0 Å². The van der Waals surface area contributed by atoms with Crippen molar-refractivity contribution in [3.8, 4) is 0 Å². The topological polar surface area (TPSA) is 58.5 Å². The van der Waals surface area contributed by atoms with E-state index in [9.17, 15) is 0 Å². The fourth-order valence-corrected chi connectivity index (χ4v) is 5.12. The third kappa shape index (κ3) is 5.79. The molecule has 2 fully saturated rings. The number of hydrogen-bond donors (Lipinski definition) is 2. The standard InChI is InChI=1S/2C14H22N2/c2*1-14(2,16-10-6-7-11-16)13(15)12-8-4-3-5-9-12/h2*3-5,8-9,13H,6-7,10-11,15H2,1-2H3. The van der Waals surface area contributed by atoms with Gasteiger partial charge in [0.1, 0.15) is 0 Å². The molecule has 4 nitrogen and oxygen atoms in total. The van der Waals surface area contributed by atoms with E-state index in [0.29, 0.717) is 0 Å². The number of likely N-dealkylation sites (tertiary alicyclic amines) is 2. The van der Waals surface area contributed by atoms with Gasteiger partial charge in [-0.25, -0.2) is 0 Å². The molecule has 2 heterocycles. The van der Waals surface area contributed by atoms with Gasteiger partial charge < -0.3 is 11.5 Å². The Kier molecular flexibility index (Phi) is 8.51. The summed E-state index contributed by atoms with van der Waals surface area (Å²) in [5.41, 5.74) is 15.4. The van der Waals surface area contributed by atoms with Gasteiger partial charge in [0.05, 0.1) is 0 Å². The maximum atomic E-state index is 6.41. The van der Waals surface area contributed by atoms with E-state index in [4.69, 9.17) is 11.5 Å². The fraction of sp³-hybridized carbons (Fsp3) is 0.571. The maximum absolute atomic E-state index is 6.41. The minimum absolute atomic E-state index is 0.0534. The minimum Gasteiger partial charge on any atom is -0.322 e. The van der Waals surface area contributed by atoms with E-state index in [1.807, 2.05) is 12.1 Å². The quantitative estimate of drug-likeness (QED) is 0.660. The normalized spacial score (nSPS) is 19.9. The largest absolute Gasteiger partial charge is 0.322 e. The first-order chi connectivity index (χ1) is 15.2. The van der Waals surface area contributed by atoms with Gasteiger partial charge in [0.2, 0.25) is 0 Å². The van der Waals surface area contributed by atoms with Crippen LogP contribution >= 0.6 is 0 Å². The van der Waals surface area contributed by atoms with Crippen molar-refractivity contribution in [2.24, 2.45) is 11.5 Å². The molecule has 0 aromatic heterocycles. The summed E-state index contributed by atoms with van der Waals surface area (Å²) in [5.74, 6) is 0. The molecule has 2 atom stereocenters. The third-order valence-electron chi connectivity index (χ3n) is 7.68. The molecule has 2 aromatic rings. The van der Waals surface area contributed by atoms with Crippen molar-refractivity contribution >= 4 is 0 Å². The molecule has 0 spiro atoms. The first kappa shape index (κ1) is 24.9. The molecule has 2 saturated heterocycles. The molecule has 4 rings (SSSR count). The van der Waals surface area contributed by atoms with Crippen LogP contribution in [-0.4, -0.2) is 47.1 Å². The average molecular weight is 437 g/mol. The lowest BCUT2D eigenvalue weighted by Gasteiger charge is -2.40. The van der Waals surface area contributed by atoms with Crippen molar-refractivity contribution in [2.45, 2.75) is 76.5 Å². The fourth-order valence-electron chi connectivity index (χ4n) is 5.12. The number of benzene rings is 2. The summed E-state index contributed by atoms with van der Waals surface area (Å²) in [6, 6.07) is 21.0. The number of nitrogens with two attached hydrogens (primary N) is 2. The highest BCUT2D eigenvalue weighted by Gasteiger charge is 2.36.